The molecule has 7 N–H and O–H groups in total. The van der Waals surface area contributed by atoms with E-state index < -0.39 is 60.5 Å². The lowest BCUT2D eigenvalue weighted by atomic mass is 9.99. The van der Waals surface area contributed by atoms with Gasteiger partial charge in [0.05, 0.1) is 5.56 Å². The maximum atomic E-state index is 11.8. The van der Waals surface area contributed by atoms with E-state index in [9.17, 15) is 40.5 Å². The predicted octanol–water partition coefficient (Wildman–Crippen LogP) is -2.24. The van der Waals surface area contributed by atoms with Crippen LogP contribution in [0.1, 0.15) is 10.4 Å². The van der Waals surface area contributed by atoms with Crippen molar-refractivity contribution in [3.05, 3.63) is 17.7 Å². The Morgan fingerprint density at radius 2 is 1.57 bits per heavy atom. The summed E-state index contributed by atoms with van der Waals surface area (Å²) < 4.78 is 9.60. The molecule has 2 rings (SSSR count). The molecule has 0 amide bonds. The van der Waals surface area contributed by atoms with Crippen LogP contribution in [0, 0.1) is 0 Å². The van der Waals surface area contributed by atoms with E-state index in [0.29, 0.717) is 0 Å². The molecule has 1 aliphatic rings. The summed E-state index contributed by atoms with van der Waals surface area (Å²) >= 11 is 0. The summed E-state index contributed by atoms with van der Waals surface area (Å²) in [7, 11) is 0. The topological polar surface area (TPSA) is 177 Å². The van der Waals surface area contributed by atoms with Crippen molar-refractivity contribution in [2.45, 2.75) is 30.7 Å². The minimum absolute atomic E-state index is 0.288. The number of esters is 1. The van der Waals surface area contributed by atoms with Crippen LogP contribution >= 0.6 is 0 Å². The van der Waals surface area contributed by atoms with Gasteiger partial charge in [-0.15, -0.1) is 0 Å². The lowest BCUT2D eigenvalue weighted by molar-refractivity contribution is -0.286. The lowest BCUT2D eigenvalue weighted by Crippen LogP contribution is -2.58. The first-order chi connectivity index (χ1) is 10.7. The maximum Gasteiger partial charge on any atom is 0.338 e. The number of aromatic hydroxyl groups is 3. The quantitative estimate of drug-likeness (QED) is 0.236. The van der Waals surface area contributed by atoms with Gasteiger partial charge in [-0.25, -0.2) is 4.79 Å². The van der Waals surface area contributed by atoms with Crippen LogP contribution in [0.2, 0.25) is 0 Å². The highest BCUT2D eigenvalue weighted by molar-refractivity contribution is 5.91. The second-order valence-electron chi connectivity index (χ2n) is 5.00. The minimum atomic E-state index is -1.76. The molecule has 0 bridgehead atoms. The number of phenolic OH excluding ortho intramolecular Hbond substituents is 3. The van der Waals surface area contributed by atoms with Crippen LogP contribution < -0.4 is 0 Å². The molecule has 0 aliphatic carbocycles. The fourth-order valence-electron chi connectivity index (χ4n) is 2.03. The van der Waals surface area contributed by atoms with Crippen molar-refractivity contribution in [2.24, 2.45) is 0 Å². The molecule has 1 aromatic rings. The van der Waals surface area contributed by atoms with Crippen LogP contribution in [-0.2, 0) is 9.47 Å². The Kier molecular flexibility index (Phi) is 4.92. The zero-order chi connectivity index (χ0) is 17.3. The molecule has 0 saturated carbocycles. The van der Waals surface area contributed by atoms with E-state index in [2.05, 4.69) is 0 Å². The Morgan fingerprint density at radius 1 is 1.00 bits per heavy atom. The molecule has 128 valence electrons. The van der Waals surface area contributed by atoms with Crippen LogP contribution in [0.25, 0.3) is 0 Å². The Balaban J connectivity index is 2.02. The standard InChI is InChI=1S/C13H16O10/c14-5-1-4(2-6(15)8(5)16)12(20)22-3-7-9(17)10(18)11(19)13(21)23-7/h1-2,7,9-11,13-19,21H,3H2. The summed E-state index contributed by atoms with van der Waals surface area (Å²) in [5.74, 6) is -3.30. The van der Waals surface area contributed by atoms with Crippen LogP contribution in [0.5, 0.6) is 17.2 Å². The summed E-state index contributed by atoms with van der Waals surface area (Å²) in [4.78, 5) is 11.8. The molecule has 1 aliphatic heterocycles. The van der Waals surface area contributed by atoms with Crippen molar-refractivity contribution in [3.63, 3.8) is 0 Å². The average molecular weight is 332 g/mol. The van der Waals surface area contributed by atoms with Gasteiger partial charge in [-0.05, 0) is 12.1 Å². The van der Waals surface area contributed by atoms with Gasteiger partial charge in [0.15, 0.2) is 23.5 Å². The molecule has 1 aromatic carbocycles. The molecular formula is C13H16O10. The molecule has 0 spiro atoms. The summed E-state index contributed by atoms with van der Waals surface area (Å²) in [6, 6.07) is 1.70. The highest BCUT2D eigenvalue weighted by Crippen LogP contribution is 2.35. The fraction of sp³-hybridized carbons (Fsp3) is 0.462. The number of carbonyl (C=O) groups is 1. The molecule has 23 heavy (non-hydrogen) atoms. The van der Waals surface area contributed by atoms with Gasteiger partial charge in [0, 0.05) is 0 Å². The number of aliphatic hydroxyl groups is 4. The Hall–Kier alpha value is -2.11. The number of hydrogen-bond donors (Lipinski definition) is 7. The first-order valence-electron chi connectivity index (χ1n) is 6.52. The van der Waals surface area contributed by atoms with Crippen LogP contribution in [0.3, 0.4) is 0 Å². The third-order valence-electron chi connectivity index (χ3n) is 3.37. The molecule has 5 atom stereocenters. The molecule has 10 heteroatoms. The van der Waals surface area contributed by atoms with Crippen molar-refractivity contribution < 1.29 is 50.0 Å². The number of carbonyl (C=O) groups excluding carboxylic acids is 1. The highest BCUT2D eigenvalue weighted by Gasteiger charge is 2.43. The SMILES string of the molecule is O=C(OCC1OC(O)C(O)C(O)C1O)c1cc(O)c(O)c(O)c1. The average Bonchev–Trinajstić information content (AvgIpc) is 2.51. The molecular weight excluding hydrogens is 316 g/mol. The largest absolute Gasteiger partial charge is 0.504 e. The number of aliphatic hydroxyl groups excluding tert-OH is 4. The third kappa shape index (κ3) is 3.46. The van der Waals surface area contributed by atoms with Crippen molar-refractivity contribution in [1.29, 1.82) is 0 Å². The molecule has 5 unspecified atom stereocenters. The lowest BCUT2D eigenvalue weighted by Gasteiger charge is -2.37. The second-order valence-corrected chi connectivity index (χ2v) is 5.00. The first kappa shape index (κ1) is 17.2. The third-order valence-corrected chi connectivity index (χ3v) is 3.37. The van der Waals surface area contributed by atoms with Gasteiger partial charge in [-0.1, -0.05) is 0 Å². The summed E-state index contributed by atoms with van der Waals surface area (Å²) in [5, 5.41) is 65.6. The normalized spacial score (nSPS) is 30.9. The number of ether oxygens (including phenoxy) is 2. The number of benzene rings is 1. The minimum Gasteiger partial charge on any atom is -0.504 e. The van der Waals surface area contributed by atoms with Gasteiger partial charge in [0.2, 0.25) is 0 Å². The molecule has 1 fully saturated rings. The van der Waals surface area contributed by atoms with Crippen LogP contribution in [-0.4, -0.2) is 79.0 Å². The van der Waals surface area contributed by atoms with E-state index in [-0.39, 0.29) is 5.56 Å². The Bertz CT molecular complexity index is 565. The van der Waals surface area contributed by atoms with Gasteiger partial charge in [-0.3, -0.25) is 0 Å². The van der Waals surface area contributed by atoms with E-state index >= 15 is 0 Å². The van der Waals surface area contributed by atoms with E-state index in [1.54, 1.807) is 0 Å². The van der Waals surface area contributed by atoms with Gasteiger partial charge >= 0.3 is 5.97 Å². The highest BCUT2D eigenvalue weighted by atomic mass is 16.6. The molecule has 1 heterocycles. The summed E-state index contributed by atoms with van der Waals surface area (Å²) in [6.07, 6.45) is -8.07. The predicted molar refractivity (Wildman–Crippen MR) is 70.6 cm³/mol. The van der Waals surface area contributed by atoms with Gasteiger partial charge in [0.1, 0.15) is 31.0 Å². The van der Waals surface area contributed by atoms with E-state index in [4.69, 9.17) is 9.47 Å². The Morgan fingerprint density at radius 3 is 2.13 bits per heavy atom. The zero-order valence-electron chi connectivity index (χ0n) is 11.6. The van der Waals surface area contributed by atoms with E-state index in [0.717, 1.165) is 12.1 Å². The summed E-state index contributed by atoms with van der Waals surface area (Å²) in [6.45, 7) is -0.580. The molecule has 0 radical (unpaired) electrons. The molecule has 1 saturated heterocycles. The first-order valence-corrected chi connectivity index (χ1v) is 6.52. The van der Waals surface area contributed by atoms with Gasteiger partial charge in [0.25, 0.3) is 0 Å². The molecule has 10 nitrogen and oxygen atoms in total. The van der Waals surface area contributed by atoms with E-state index in [1.807, 2.05) is 0 Å². The maximum absolute atomic E-state index is 11.8. The Labute approximate surface area is 129 Å². The number of phenols is 3. The van der Waals surface area contributed by atoms with Crippen LogP contribution in [0.4, 0.5) is 0 Å². The monoisotopic (exact) mass is 332 g/mol. The molecule has 0 aromatic heterocycles. The van der Waals surface area contributed by atoms with Crippen molar-refractivity contribution in [3.8, 4) is 17.2 Å². The smallest absolute Gasteiger partial charge is 0.338 e. The number of hydrogen-bond acceptors (Lipinski definition) is 10. The van der Waals surface area contributed by atoms with E-state index in [1.165, 1.54) is 0 Å². The zero-order valence-corrected chi connectivity index (χ0v) is 11.6. The second kappa shape index (κ2) is 6.56. The summed E-state index contributed by atoms with van der Waals surface area (Å²) in [5.41, 5.74) is -0.288. The van der Waals surface area contributed by atoms with Crippen LogP contribution in [0.15, 0.2) is 12.1 Å². The van der Waals surface area contributed by atoms with Gasteiger partial charge < -0.3 is 45.2 Å². The van der Waals surface area contributed by atoms with Gasteiger partial charge in [-0.2, -0.15) is 0 Å². The van der Waals surface area contributed by atoms with Crippen molar-refractivity contribution in [2.75, 3.05) is 6.61 Å². The van der Waals surface area contributed by atoms with Crippen molar-refractivity contribution >= 4 is 5.97 Å². The van der Waals surface area contributed by atoms with Crippen molar-refractivity contribution in [1.82, 2.24) is 0 Å². The fourth-order valence-corrected chi connectivity index (χ4v) is 2.03. The number of rotatable bonds is 3.